The lowest BCUT2D eigenvalue weighted by Crippen LogP contribution is -2.47. The number of ether oxygens (including phenoxy) is 10. The number of esters is 9. The molecule has 4 aliphatic heterocycles. The molecule has 8 bridgehead atoms. The van der Waals surface area contributed by atoms with Crippen LogP contribution in [0.25, 0.3) is 0 Å². The van der Waals surface area contributed by atoms with E-state index in [9.17, 15) is 43.2 Å². The summed E-state index contributed by atoms with van der Waals surface area (Å²) in [5, 5.41) is 0. The number of cyclic esters (lactones) is 3. The van der Waals surface area contributed by atoms with Gasteiger partial charge in [0.25, 0.3) is 0 Å². The van der Waals surface area contributed by atoms with Crippen LogP contribution in [0.3, 0.4) is 0 Å². The van der Waals surface area contributed by atoms with Gasteiger partial charge < -0.3 is 47.4 Å². The smallest absolute Gasteiger partial charge is 0.312 e. The van der Waals surface area contributed by atoms with Crippen molar-refractivity contribution in [2.45, 2.75) is 217 Å². The number of carbonyl (C=O) groups excluding carboxylic acids is 9. The predicted octanol–water partition coefficient (Wildman–Crippen LogP) is 8.99. The third-order valence-corrected chi connectivity index (χ3v) is 23.4. The second kappa shape index (κ2) is 23.9. The van der Waals surface area contributed by atoms with E-state index in [1.54, 1.807) is 21.0 Å². The first-order valence-corrected chi connectivity index (χ1v) is 32.0. The highest BCUT2D eigenvalue weighted by atomic mass is 16.6. The molecule has 0 spiro atoms. The fourth-order valence-electron chi connectivity index (χ4n) is 16.5. The predicted molar refractivity (Wildman–Crippen MR) is 303 cm³/mol. The maximum Gasteiger partial charge on any atom is 0.312 e. The molecule has 22 unspecified atom stereocenters. The molecule has 22 atom stereocenters. The summed E-state index contributed by atoms with van der Waals surface area (Å²) < 4.78 is 55.2. The first-order valence-electron chi connectivity index (χ1n) is 32.0. The normalized spacial score (nSPS) is 38.9. The van der Waals surface area contributed by atoms with Crippen LogP contribution in [0.2, 0.25) is 0 Å². The quantitative estimate of drug-likeness (QED) is 0.103. The second-order valence-corrected chi connectivity index (χ2v) is 30.4. The van der Waals surface area contributed by atoms with Crippen molar-refractivity contribution >= 4 is 53.7 Å². The minimum Gasteiger partial charge on any atom is -0.465 e. The summed E-state index contributed by atoms with van der Waals surface area (Å²) in [7, 11) is 1.63. The van der Waals surface area contributed by atoms with Gasteiger partial charge in [0.1, 0.15) is 36.1 Å². The molecular weight excluding hydrogens is 1100 g/mol. The minimum absolute atomic E-state index is 0.000856. The Hall–Kier alpha value is -4.81. The van der Waals surface area contributed by atoms with E-state index >= 15 is 0 Å². The van der Waals surface area contributed by atoms with Crippen LogP contribution < -0.4 is 0 Å². The molecule has 19 heteroatoms. The van der Waals surface area contributed by atoms with Crippen LogP contribution in [0.15, 0.2) is 0 Å². The van der Waals surface area contributed by atoms with Crippen molar-refractivity contribution in [2.24, 2.45) is 116 Å². The van der Waals surface area contributed by atoms with E-state index in [0.717, 1.165) is 57.8 Å². The van der Waals surface area contributed by atoms with Gasteiger partial charge >= 0.3 is 53.7 Å². The summed E-state index contributed by atoms with van der Waals surface area (Å²) in [6, 6.07) is 0. The fraction of sp³-hybridized carbons (Fsp3) is 0.864. The number of hydrogen-bond acceptors (Lipinski definition) is 19. The lowest BCUT2D eigenvalue weighted by Gasteiger charge is -2.36. The first kappa shape index (κ1) is 64.7. The van der Waals surface area contributed by atoms with Crippen molar-refractivity contribution in [1.29, 1.82) is 0 Å². The summed E-state index contributed by atoms with van der Waals surface area (Å²) in [4.78, 5) is 109. The lowest BCUT2D eigenvalue weighted by molar-refractivity contribution is -0.177. The maximum atomic E-state index is 12.4. The van der Waals surface area contributed by atoms with E-state index in [1.165, 1.54) is 0 Å². The van der Waals surface area contributed by atoms with E-state index in [0.29, 0.717) is 49.9 Å². The van der Waals surface area contributed by atoms with Gasteiger partial charge in [0.15, 0.2) is 0 Å². The average molecular weight is 1200 g/mol. The molecular formula is C66H98O19. The fourth-order valence-corrected chi connectivity index (χ4v) is 16.5. The Morgan fingerprint density at radius 3 is 1.45 bits per heavy atom. The Labute approximate surface area is 502 Å². The highest BCUT2D eigenvalue weighted by molar-refractivity contribution is 5.81. The third-order valence-electron chi connectivity index (χ3n) is 23.4. The van der Waals surface area contributed by atoms with E-state index in [1.807, 2.05) is 83.1 Å². The summed E-state index contributed by atoms with van der Waals surface area (Å²) >= 11 is 0. The van der Waals surface area contributed by atoms with Crippen LogP contribution in [0.5, 0.6) is 0 Å². The SMILES string of the molecule is CCC(C)(C)C(=O)OC(C)(C)CC(=O)OC1C2CC3C(=O)OC1C3C2.CCC(C)(C)C(=O)OC1C(C)C2CC1C1COC(=O)C21.CCC(C)(C)C(=O)OC1C2CC(C1OC)C1C(=O)OCC21.CCC(C)(C)C(=O)OC1CC2CC1C1COC(=O)C21. The monoisotopic (exact) mass is 1190 g/mol. The third kappa shape index (κ3) is 12.0. The molecule has 0 aromatic rings. The van der Waals surface area contributed by atoms with Crippen LogP contribution in [-0.4, -0.2) is 123 Å². The molecule has 12 aliphatic rings. The Morgan fingerprint density at radius 2 is 0.906 bits per heavy atom. The van der Waals surface area contributed by atoms with Crippen molar-refractivity contribution < 1.29 is 90.5 Å². The van der Waals surface area contributed by atoms with Gasteiger partial charge in [0.2, 0.25) is 0 Å². The highest BCUT2D eigenvalue weighted by Gasteiger charge is 2.67. The van der Waals surface area contributed by atoms with E-state index in [2.05, 4.69) is 6.92 Å². The van der Waals surface area contributed by atoms with Gasteiger partial charge in [0, 0.05) is 60.4 Å². The molecule has 19 nitrogen and oxygen atoms in total. The molecule has 12 fully saturated rings. The number of methoxy groups -OCH3 is 1. The van der Waals surface area contributed by atoms with Crippen LogP contribution in [-0.2, 0) is 90.5 Å². The zero-order chi connectivity index (χ0) is 62.4. The Morgan fingerprint density at radius 1 is 0.447 bits per heavy atom. The molecule has 0 aromatic heterocycles. The van der Waals surface area contributed by atoms with E-state index in [-0.39, 0.29) is 162 Å². The Bertz CT molecular complexity index is 2600. The number of rotatable bonds is 16. The molecule has 0 amide bonds. The molecule has 85 heavy (non-hydrogen) atoms. The molecule has 12 rings (SSSR count). The topological polar surface area (TPSA) is 246 Å². The maximum absolute atomic E-state index is 12.4. The molecule has 0 radical (unpaired) electrons. The summed E-state index contributed by atoms with van der Waals surface area (Å²) in [6.07, 6.45) is 7.24. The van der Waals surface area contributed by atoms with Gasteiger partial charge in [-0.2, -0.15) is 0 Å². The summed E-state index contributed by atoms with van der Waals surface area (Å²) in [6.45, 7) is 30.1. The molecule has 4 saturated heterocycles. The van der Waals surface area contributed by atoms with E-state index in [4.69, 9.17) is 47.4 Å². The molecule has 4 heterocycles. The van der Waals surface area contributed by atoms with Crippen molar-refractivity contribution in [3.05, 3.63) is 0 Å². The van der Waals surface area contributed by atoms with E-state index < -0.39 is 33.2 Å². The zero-order valence-electron chi connectivity index (χ0n) is 53.4. The molecule has 8 aliphatic carbocycles. The largest absolute Gasteiger partial charge is 0.465 e. The van der Waals surface area contributed by atoms with Crippen LogP contribution in [0, 0.1) is 116 Å². The number of hydrogen-bond donors (Lipinski definition) is 0. The number of fused-ring (bicyclic) bond motifs is 16. The summed E-state index contributed by atoms with van der Waals surface area (Å²) in [5.74, 6) is 1.73. The molecule has 476 valence electrons. The molecule has 0 N–H and O–H groups in total. The van der Waals surface area contributed by atoms with Gasteiger partial charge in [-0.15, -0.1) is 0 Å². The van der Waals surface area contributed by atoms with Crippen LogP contribution in [0.4, 0.5) is 0 Å². The van der Waals surface area contributed by atoms with Crippen LogP contribution >= 0.6 is 0 Å². The van der Waals surface area contributed by atoms with Crippen LogP contribution in [0.1, 0.15) is 174 Å². The van der Waals surface area contributed by atoms with Crippen molar-refractivity contribution in [2.75, 3.05) is 26.9 Å². The Balaban J connectivity index is 0.000000136. The lowest BCUT2D eigenvalue weighted by atomic mass is 9.74. The van der Waals surface area contributed by atoms with Gasteiger partial charge in [-0.05, 0) is 151 Å². The molecule has 0 aromatic carbocycles. The van der Waals surface area contributed by atoms with Crippen molar-refractivity contribution in [3.8, 4) is 0 Å². The van der Waals surface area contributed by atoms with Crippen molar-refractivity contribution in [3.63, 3.8) is 0 Å². The molecule has 8 saturated carbocycles. The van der Waals surface area contributed by atoms with Gasteiger partial charge in [-0.3, -0.25) is 43.2 Å². The first-order chi connectivity index (χ1) is 39.7. The number of carbonyl (C=O) groups is 9. The van der Waals surface area contributed by atoms with Crippen molar-refractivity contribution in [1.82, 2.24) is 0 Å². The van der Waals surface area contributed by atoms with Gasteiger partial charge in [-0.25, -0.2) is 0 Å². The van der Waals surface area contributed by atoms with Gasteiger partial charge in [0.05, 0.1) is 77.7 Å². The second-order valence-electron chi connectivity index (χ2n) is 30.4. The van der Waals surface area contributed by atoms with Gasteiger partial charge in [-0.1, -0.05) is 34.6 Å². The summed E-state index contributed by atoms with van der Waals surface area (Å²) in [5.41, 5.74) is -2.85. The zero-order valence-corrected chi connectivity index (χ0v) is 53.4. The average Bonchev–Trinajstić information content (AvgIpc) is 1.85. The standard InChI is InChI=1S/C19H28O6.C16H24O5.C16H24O4.C15H22O4/c1-6-18(2,3)17(22)25-19(4,5)9-13(20)23-14-10-7-11-12(8-10)16(21)24-15(11)14;1-5-16(2,3)15(18)21-13-8-6-9(12(13)19-4)11-10(8)7-20-14(11)17;1-5-16(3,4)15(18)20-13-8(2)9-6-10(13)11-7-19-14(17)12(9)11;1-4-15(2,3)14(17)19-11-6-8-5-9(11)10-7-18-13(16)12(8)10/h10-12,14-15H,6-9H2,1-5H3;8-13H,5-7H2,1-4H3;8-13H,5-7H2,1-4H3;8-12H,4-7H2,1-3H3. The highest BCUT2D eigenvalue weighted by Crippen LogP contribution is 2.61. The minimum atomic E-state index is -0.937. The Kier molecular flexibility index (Phi) is 18.2.